The summed E-state index contributed by atoms with van der Waals surface area (Å²) in [4.78, 5) is 41.4. The molecule has 10 nitrogen and oxygen atoms in total. The predicted octanol–water partition coefficient (Wildman–Crippen LogP) is 2.85. The minimum Gasteiger partial charge on any atom is -0.366 e. The maximum atomic E-state index is 13.1. The molecule has 0 aliphatic rings. The Hall–Kier alpha value is -4.99. The molecule has 0 saturated carbocycles. The number of nitrogens with one attached hydrogen (secondary N) is 1. The molecule has 2 aromatic carbocycles. The number of primary amides is 1. The lowest BCUT2D eigenvalue weighted by atomic mass is 10.1. The molecule has 0 radical (unpaired) electrons. The van der Waals surface area contributed by atoms with Crippen LogP contribution in [0.5, 0.6) is 0 Å². The van der Waals surface area contributed by atoms with E-state index in [4.69, 9.17) is 5.73 Å². The number of amides is 2. The van der Waals surface area contributed by atoms with Gasteiger partial charge in [-0.3, -0.25) is 14.0 Å². The highest BCUT2D eigenvalue weighted by atomic mass is 16.2. The van der Waals surface area contributed by atoms with E-state index >= 15 is 0 Å². The van der Waals surface area contributed by atoms with Gasteiger partial charge in [0.25, 0.3) is 5.91 Å². The van der Waals surface area contributed by atoms with E-state index in [1.807, 2.05) is 49.5 Å². The summed E-state index contributed by atoms with van der Waals surface area (Å²) in [7, 11) is 1.62. The summed E-state index contributed by atoms with van der Waals surface area (Å²) >= 11 is 0. The maximum absolute atomic E-state index is 13.1. The number of nitrogens with zero attached hydrogens (tertiary/aromatic N) is 5. The van der Waals surface area contributed by atoms with Crippen molar-refractivity contribution in [2.24, 2.45) is 12.8 Å². The van der Waals surface area contributed by atoms with E-state index in [1.165, 1.54) is 10.7 Å². The van der Waals surface area contributed by atoms with E-state index in [0.717, 1.165) is 16.6 Å². The zero-order valence-corrected chi connectivity index (χ0v) is 19.9. The number of pyridine rings is 1. The Bertz CT molecular complexity index is 1710. The predicted molar refractivity (Wildman–Crippen MR) is 135 cm³/mol. The monoisotopic (exact) mass is 481 g/mol. The highest BCUT2D eigenvalue weighted by molar-refractivity contribution is 6.03. The van der Waals surface area contributed by atoms with Gasteiger partial charge in [0, 0.05) is 24.5 Å². The third kappa shape index (κ3) is 3.94. The number of carbonyl (C=O) groups is 2. The average molecular weight is 482 g/mol. The molecule has 5 aromatic rings. The first-order chi connectivity index (χ1) is 17.2. The molecule has 0 spiro atoms. The van der Waals surface area contributed by atoms with Crippen LogP contribution >= 0.6 is 0 Å². The van der Waals surface area contributed by atoms with Crippen LogP contribution in [0, 0.1) is 13.8 Å². The van der Waals surface area contributed by atoms with E-state index < -0.39 is 11.8 Å². The minimum atomic E-state index is -0.576. The molecule has 3 aromatic heterocycles. The van der Waals surface area contributed by atoms with Crippen LogP contribution in [0.3, 0.4) is 0 Å². The number of anilines is 1. The Balaban J connectivity index is 1.49. The molecule has 0 atom stereocenters. The lowest BCUT2D eigenvalue weighted by Crippen LogP contribution is -2.21. The van der Waals surface area contributed by atoms with Gasteiger partial charge >= 0.3 is 5.69 Å². The van der Waals surface area contributed by atoms with Crippen LogP contribution in [0.2, 0.25) is 0 Å². The zero-order chi connectivity index (χ0) is 25.6. The number of aryl methyl sites for hydroxylation is 3. The summed E-state index contributed by atoms with van der Waals surface area (Å²) in [5.74, 6) is -0.184. The van der Waals surface area contributed by atoms with Crippen molar-refractivity contribution in [2.45, 2.75) is 13.8 Å². The number of fused-ring (bicyclic) bond motifs is 1. The molecule has 3 N–H and O–H groups in total. The fourth-order valence-corrected chi connectivity index (χ4v) is 4.20. The SMILES string of the molecule is Cc1nc(C(=O)Nc2cccc(C(N)=O)c2)n2cc(-c3ccc(-n4c(C)nn(C)c4=O)cc3)ccc12. The largest absolute Gasteiger partial charge is 0.366 e. The lowest BCUT2D eigenvalue weighted by molar-refractivity contribution is 0.0994. The van der Waals surface area contributed by atoms with Gasteiger partial charge in [0.05, 0.1) is 16.9 Å². The van der Waals surface area contributed by atoms with Crippen LogP contribution in [-0.2, 0) is 7.05 Å². The van der Waals surface area contributed by atoms with E-state index in [-0.39, 0.29) is 11.5 Å². The zero-order valence-electron chi connectivity index (χ0n) is 19.9. The van der Waals surface area contributed by atoms with Gasteiger partial charge < -0.3 is 11.1 Å². The number of aromatic nitrogens is 5. The fraction of sp³-hybridized carbons (Fsp3) is 0.115. The van der Waals surface area contributed by atoms with Crippen LogP contribution in [0.15, 0.2) is 71.7 Å². The van der Waals surface area contributed by atoms with E-state index in [9.17, 15) is 14.4 Å². The van der Waals surface area contributed by atoms with Gasteiger partial charge in [-0.25, -0.2) is 19.0 Å². The second kappa shape index (κ2) is 8.66. The fourth-order valence-electron chi connectivity index (χ4n) is 4.20. The van der Waals surface area contributed by atoms with Crippen molar-refractivity contribution in [3.05, 3.63) is 100 Å². The van der Waals surface area contributed by atoms with Gasteiger partial charge in [-0.2, -0.15) is 5.10 Å². The Labute approximate surface area is 205 Å². The summed E-state index contributed by atoms with van der Waals surface area (Å²) in [6, 6.07) is 17.8. The van der Waals surface area contributed by atoms with Gasteiger partial charge in [-0.05, 0) is 61.4 Å². The number of rotatable bonds is 5. The number of carbonyl (C=O) groups excluding carboxylic acids is 2. The average Bonchev–Trinajstić information content (AvgIpc) is 3.33. The molecule has 2 amide bonds. The second-order valence-corrected chi connectivity index (χ2v) is 8.43. The summed E-state index contributed by atoms with van der Waals surface area (Å²) in [5, 5.41) is 6.96. The van der Waals surface area contributed by atoms with E-state index in [1.54, 1.807) is 41.1 Å². The van der Waals surface area contributed by atoms with Crippen molar-refractivity contribution in [2.75, 3.05) is 5.32 Å². The third-order valence-electron chi connectivity index (χ3n) is 5.97. The first-order valence-corrected chi connectivity index (χ1v) is 11.2. The Morgan fingerprint density at radius 2 is 1.69 bits per heavy atom. The molecule has 36 heavy (non-hydrogen) atoms. The number of imidazole rings is 1. The second-order valence-electron chi connectivity index (χ2n) is 8.43. The lowest BCUT2D eigenvalue weighted by Gasteiger charge is -2.08. The normalized spacial score (nSPS) is 11.1. The molecule has 5 rings (SSSR count). The molecular weight excluding hydrogens is 458 g/mol. The number of hydrogen-bond acceptors (Lipinski definition) is 5. The van der Waals surface area contributed by atoms with E-state index in [2.05, 4.69) is 15.4 Å². The van der Waals surface area contributed by atoms with Crippen molar-refractivity contribution in [3.8, 4) is 16.8 Å². The van der Waals surface area contributed by atoms with Crippen molar-refractivity contribution in [1.29, 1.82) is 0 Å². The van der Waals surface area contributed by atoms with Crippen molar-refractivity contribution in [1.82, 2.24) is 23.7 Å². The molecule has 0 aliphatic carbocycles. The number of benzene rings is 2. The van der Waals surface area contributed by atoms with Gasteiger partial charge in [0.15, 0.2) is 0 Å². The number of hydrogen-bond donors (Lipinski definition) is 2. The minimum absolute atomic E-state index is 0.211. The molecule has 0 bridgehead atoms. The van der Waals surface area contributed by atoms with Crippen LogP contribution in [0.4, 0.5) is 5.69 Å². The van der Waals surface area contributed by atoms with Crippen molar-refractivity contribution >= 4 is 23.0 Å². The van der Waals surface area contributed by atoms with Crippen LogP contribution in [-0.4, -0.2) is 35.5 Å². The molecule has 180 valence electrons. The van der Waals surface area contributed by atoms with Gasteiger partial charge in [-0.15, -0.1) is 0 Å². The highest BCUT2D eigenvalue weighted by Crippen LogP contribution is 2.24. The summed E-state index contributed by atoms with van der Waals surface area (Å²) < 4.78 is 4.58. The van der Waals surface area contributed by atoms with Crippen LogP contribution < -0.4 is 16.7 Å². The Morgan fingerprint density at radius 3 is 2.36 bits per heavy atom. The molecular formula is C26H23N7O3. The first-order valence-electron chi connectivity index (χ1n) is 11.2. The Morgan fingerprint density at radius 1 is 0.972 bits per heavy atom. The molecule has 10 heteroatoms. The third-order valence-corrected chi connectivity index (χ3v) is 5.97. The standard InChI is InChI=1S/C26H23N7O3/c1-15-22-12-9-19(17-7-10-21(11-8-17)33-16(2)30-31(3)26(33)36)14-32(22)24(28-15)25(35)29-20-6-4-5-18(13-20)23(27)34/h4-14H,1-3H3,(H2,27,34)(H,29,35). The van der Waals surface area contributed by atoms with E-state index in [0.29, 0.717) is 28.5 Å². The smallest absolute Gasteiger partial charge is 0.350 e. The summed E-state index contributed by atoms with van der Waals surface area (Å²) in [5.41, 5.74) is 9.86. The first kappa shape index (κ1) is 22.8. The molecule has 0 unspecified atom stereocenters. The number of nitrogens with two attached hydrogens (primary N) is 1. The maximum Gasteiger partial charge on any atom is 0.350 e. The van der Waals surface area contributed by atoms with Gasteiger partial charge in [0.2, 0.25) is 11.7 Å². The molecule has 0 aliphatic heterocycles. The van der Waals surface area contributed by atoms with Crippen molar-refractivity contribution in [3.63, 3.8) is 0 Å². The van der Waals surface area contributed by atoms with Crippen LogP contribution in [0.1, 0.15) is 32.5 Å². The quantitative estimate of drug-likeness (QED) is 0.399. The topological polar surface area (TPSA) is 129 Å². The van der Waals surface area contributed by atoms with Crippen LogP contribution in [0.25, 0.3) is 22.3 Å². The molecule has 0 saturated heterocycles. The Kier molecular flexibility index (Phi) is 5.48. The summed E-state index contributed by atoms with van der Waals surface area (Å²) in [6.07, 6.45) is 1.85. The summed E-state index contributed by atoms with van der Waals surface area (Å²) in [6.45, 7) is 3.61. The van der Waals surface area contributed by atoms with Gasteiger partial charge in [-0.1, -0.05) is 24.3 Å². The molecule has 0 fully saturated rings. The molecule has 3 heterocycles. The highest BCUT2D eigenvalue weighted by Gasteiger charge is 2.17. The van der Waals surface area contributed by atoms with Crippen molar-refractivity contribution < 1.29 is 9.59 Å². The van der Waals surface area contributed by atoms with Gasteiger partial charge in [0.1, 0.15) is 5.82 Å².